The molecule has 1 aliphatic rings. The number of rotatable bonds is 2. The average Bonchev–Trinajstić information content (AvgIpc) is 2.41. The summed E-state index contributed by atoms with van der Waals surface area (Å²) in [5.41, 5.74) is 7.26. The van der Waals surface area contributed by atoms with Gasteiger partial charge in [-0.25, -0.2) is 4.39 Å². The Morgan fingerprint density at radius 1 is 1.40 bits per heavy atom. The molecule has 0 spiro atoms. The zero-order valence-electron chi connectivity index (χ0n) is 12.3. The lowest BCUT2D eigenvalue weighted by Crippen LogP contribution is -2.39. The Bertz CT molecular complexity index is 515. The Labute approximate surface area is 121 Å². The molecule has 20 heavy (non-hydrogen) atoms. The van der Waals surface area contributed by atoms with Crippen LogP contribution in [0.4, 0.5) is 4.39 Å². The second-order valence-corrected chi connectivity index (χ2v) is 5.76. The molecule has 1 aromatic carbocycles. The largest absolute Gasteiger partial charge is 0.320 e. The predicted molar refractivity (Wildman–Crippen MR) is 80.6 cm³/mol. The van der Waals surface area contributed by atoms with Crippen LogP contribution in [0.25, 0.3) is 0 Å². The molecule has 0 bridgehead atoms. The van der Waals surface area contributed by atoms with Gasteiger partial charge in [0, 0.05) is 18.2 Å². The number of likely N-dealkylation sites (tertiary alicyclic amines) is 1. The number of piperidine rings is 1. The first-order valence-corrected chi connectivity index (χ1v) is 7.31. The van der Waals surface area contributed by atoms with Crippen LogP contribution >= 0.6 is 0 Å². The van der Waals surface area contributed by atoms with E-state index in [2.05, 4.69) is 30.6 Å². The third-order valence-corrected chi connectivity index (χ3v) is 4.05. The van der Waals surface area contributed by atoms with Gasteiger partial charge in [0.2, 0.25) is 0 Å². The molecule has 2 unspecified atom stereocenters. The normalized spacial score (nSPS) is 23.2. The number of benzene rings is 1. The number of nitrogens with zero attached hydrogens (tertiary/aromatic N) is 1. The quantitative estimate of drug-likeness (QED) is 0.840. The monoisotopic (exact) mass is 274 g/mol. The van der Waals surface area contributed by atoms with E-state index in [1.165, 1.54) is 25.0 Å². The van der Waals surface area contributed by atoms with Crippen LogP contribution in [0, 0.1) is 23.6 Å². The minimum absolute atomic E-state index is 0.240. The Hall–Kier alpha value is -1.37. The van der Waals surface area contributed by atoms with E-state index in [9.17, 15) is 4.39 Å². The summed E-state index contributed by atoms with van der Waals surface area (Å²) < 4.78 is 13.4. The van der Waals surface area contributed by atoms with Gasteiger partial charge < -0.3 is 5.73 Å². The van der Waals surface area contributed by atoms with Crippen molar-refractivity contribution in [3.05, 3.63) is 35.1 Å². The lowest BCUT2D eigenvalue weighted by atomic mass is 9.92. The molecule has 108 valence electrons. The zero-order chi connectivity index (χ0) is 14.5. The van der Waals surface area contributed by atoms with Crippen molar-refractivity contribution in [3.63, 3.8) is 0 Å². The van der Waals surface area contributed by atoms with E-state index in [1.807, 2.05) is 6.07 Å². The molecule has 1 aromatic rings. The van der Waals surface area contributed by atoms with Crippen LogP contribution in [0.2, 0.25) is 0 Å². The maximum absolute atomic E-state index is 13.4. The number of nitrogens with two attached hydrogens (primary N) is 1. The summed E-state index contributed by atoms with van der Waals surface area (Å²) in [4.78, 5) is 2.46. The lowest BCUT2D eigenvalue weighted by Gasteiger charge is -2.36. The van der Waals surface area contributed by atoms with E-state index in [1.54, 1.807) is 0 Å². The van der Waals surface area contributed by atoms with Crippen molar-refractivity contribution in [1.82, 2.24) is 4.90 Å². The molecule has 0 saturated carbocycles. The van der Waals surface area contributed by atoms with Crippen LogP contribution in [-0.4, -0.2) is 24.0 Å². The lowest BCUT2D eigenvalue weighted by molar-refractivity contribution is 0.122. The van der Waals surface area contributed by atoms with Crippen molar-refractivity contribution >= 4 is 0 Å². The Balaban J connectivity index is 2.16. The topological polar surface area (TPSA) is 29.3 Å². The SMILES string of the molecule is CC1CCN(Cc2ccc(F)cc2C#CCN)C(C)C1. The van der Waals surface area contributed by atoms with Gasteiger partial charge in [-0.15, -0.1) is 0 Å². The smallest absolute Gasteiger partial charge is 0.124 e. The van der Waals surface area contributed by atoms with Gasteiger partial charge in [-0.1, -0.05) is 24.8 Å². The summed E-state index contributed by atoms with van der Waals surface area (Å²) in [5, 5.41) is 0. The number of halogens is 1. The third-order valence-electron chi connectivity index (χ3n) is 4.05. The minimum Gasteiger partial charge on any atom is -0.320 e. The molecule has 3 heteroatoms. The van der Waals surface area contributed by atoms with Crippen molar-refractivity contribution in [3.8, 4) is 11.8 Å². The first-order chi connectivity index (χ1) is 9.60. The van der Waals surface area contributed by atoms with E-state index in [0.29, 0.717) is 12.6 Å². The van der Waals surface area contributed by atoms with Gasteiger partial charge in [-0.05, 0) is 49.9 Å². The highest BCUT2D eigenvalue weighted by atomic mass is 19.1. The highest BCUT2D eigenvalue weighted by Gasteiger charge is 2.23. The summed E-state index contributed by atoms with van der Waals surface area (Å²) in [5.74, 6) is 6.36. The van der Waals surface area contributed by atoms with Gasteiger partial charge >= 0.3 is 0 Å². The Morgan fingerprint density at radius 3 is 2.90 bits per heavy atom. The predicted octanol–water partition coefficient (Wildman–Crippen LogP) is 2.76. The Kier molecular flexibility index (Phi) is 5.17. The summed E-state index contributed by atoms with van der Waals surface area (Å²) in [6, 6.07) is 5.44. The maximum atomic E-state index is 13.4. The third kappa shape index (κ3) is 3.82. The van der Waals surface area contributed by atoms with Gasteiger partial charge in [0.15, 0.2) is 0 Å². The first kappa shape index (κ1) is 15.0. The second-order valence-electron chi connectivity index (χ2n) is 5.76. The Morgan fingerprint density at radius 2 is 2.20 bits per heavy atom. The molecule has 1 heterocycles. The summed E-state index contributed by atoms with van der Waals surface area (Å²) >= 11 is 0. The van der Waals surface area contributed by atoms with Gasteiger partial charge in [0.25, 0.3) is 0 Å². The summed E-state index contributed by atoms with van der Waals surface area (Å²) in [7, 11) is 0. The van der Waals surface area contributed by atoms with Crippen LogP contribution in [0.3, 0.4) is 0 Å². The highest BCUT2D eigenvalue weighted by molar-refractivity contribution is 5.42. The second kappa shape index (κ2) is 6.88. The van der Waals surface area contributed by atoms with Crippen molar-refractivity contribution in [2.75, 3.05) is 13.1 Å². The van der Waals surface area contributed by atoms with E-state index >= 15 is 0 Å². The van der Waals surface area contributed by atoms with Gasteiger partial charge in [-0.3, -0.25) is 4.90 Å². The highest BCUT2D eigenvalue weighted by Crippen LogP contribution is 2.24. The van der Waals surface area contributed by atoms with E-state index < -0.39 is 0 Å². The first-order valence-electron chi connectivity index (χ1n) is 7.31. The van der Waals surface area contributed by atoms with Crippen molar-refractivity contribution in [1.29, 1.82) is 0 Å². The van der Waals surface area contributed by atoms with Crippen molar-refractivity contribution in [2.45, 2.75) is 39.3 Å². The molecule has 0 radical (unpaired) electrons. The molecule has 0 aliphatic carbocycles. The van der Waals surface area contributed by atoms with Crippen molar-refractivity contribution in [2.24, 2.45) is 11.7 Å². The zero-order valence-corrected chi connectivity index (χ0v) is 12.3. The van der Waals surface area contributed by atoms with Crippen LogP contribution in [0.1, 0.15) is 37.8 Å². The van der Waals surface area contributed by atoms with Gasteiger partial charge in [0.05, 0.1) is 6.54 Å². The molecule has 1 saturated heterocycles. The van der Waals surface area contributed by atoms with E-state index in [-0.39, 0.29) is 5.82 Å². The van der Waals surface area contributed by atoms with Crippen LogP contribution in [0.5, 0.6) is 0 Å². The molecule has 2 N–H and O–H groups in total. The summed E-state index contributed by atoms with van der Waals surface area (Å²) in [6.07, 6.45) is 2.46. The minimum atomic E-state index is -0.240. The fraction of sp³-hybridized carbons (Fsp3) is 0.529. The standard InChI is InChI=1S/C17H23FN2/c1-13-7-9-20(14(2)10-13)12-16-5-6-17(18)11-15(16)4-3-8-19/h5-6,11,13-14H,7-10,12,19H2,1-2H3. The van der Waals surface area contributed by atoms with Gasteiger partial charge in [-0.2, -0.15) is 0 Å². The molecule has 2 rings (SSSR count). The van der Waals surface area contributed by atoms with Crippen LogP contribution in [0.15, 0.2) is 18.2 Å². The van der Waals surface area contributed by atoms with Crippen LogP contribution in [-0.2, 0) is 6.54 Å². The van der Waals surface area contributed by atoms with Crippen molar-refractivity contribution < 1.29 is 4.39 Å². The fourth-order valence-electron chi connectivity index (χ4n) is 2.86. The number of hydrogen-bond donors (Lipinski definition) is 1. The molecular weight excluding hydrogens is 251 g/mol. The fourth-order valence-corrected chi connectivity index (χ4v) is 2.86. The maximum Gasteiger partial charge on any atom is 0.124 e. The van der Waals surface area contributed by atoms with E-state index in [4.69, 9.17) is 5.73 Å². The van der Waals surface area contributed by atoms with Crippen LogP contribution < -0.4 is 5.73 Å². The molecule has 1 aliphatic heterocycles. The molecular formula is C17H23FN2. The summed E-state index contributed by atoms with van der Waals surface area (Å²) in [6.45, 7) is 6.81. The average molecular weight is 274 g/mol. The molecule has 2 nitrogen and oxygen atoms in total. The van der Waals surface area contributed by atoms with E-state index in [0.717, 1.165) is 30.1 Å². The molecule has 2 atom stereocenters. The molecule has 0 amide bonds. The molecule has 0 aromatic heterocycles. The number of hydrogen-bond acceptors (Lipinski definition) is 2. The molecule has 1 fully saturated rings. The van der Waals surface area contributed by atoms with Gasteiger partial charge in [0.1, 0.15) is 5.82 Å².